The van der Waals surface area contributed by atoms with Gasteiger partial charge in [0.15, 0.2) is 0 Å². The lowest BCUT2D eigenvalue weighted by Gasteiger charge is -2.20. The summed E-state index contributed by atoms with van der Waals surface area (Å²) in [6.45, 7) is 0. The SMILES string of the molecule is CNC(=O)c1cc(N(C)S(=O)(=O)c2ccc3ccccc3c2)ccn1. The number of hydrogen-bond acceptors (Lipinski definition) is 4. The maximum Gasteiger partial charge on any atom is 0.269 e. The monoisotopic (exact) mass is 355 g/mol. The van der Waals surface area contributed by atoms with Gasteiger partial charge < -0.3 is 5.32 Å². The molecule has 0 atom stereocenters. The molecule has 1 aromatic heterocycles. The smallest absolute Gasteiger partial charge is 0.269 e. The summed E-state index contributed by atoms with van der Waals surface area (Å²) < 4.78 is 27.0. The number of fused-ring (bicyclic) bond motifs is 1. The largest absolute Gasteiger partial charge is 0.354 e. The molecule has 2 aromatic carbocycles. The van der Waals surface area contributed by atoms with E-state index in [9.17, 15) is 13.2 Å². The van der Waals surface area contributed by atoms with Gasteiger partial charge in [-0.15, -0.1) is 0 Å². The van der Waals surface area contributed by atoms with Crippen molar-refractivity contribution in [2.24, 2.45) is 0 Å². The van der Waals surface area contributed by atoms with Gasteiger partial charge in [0.1, 0.15) is 5.69 Å². The van der Waals surface area contributed by atoms with Crippen molar-refractivity contribution in [1.82, 2.24) is 10.3 Å². The average molecular weight is 355 g/mol. The van der Waals surface area contributed by atoms with Crippen LogP contribution in [0.5, 0.6) is 0 Å². The lowest BCUT2D eigenvalue weighted by Crippen LogP contribution is -2.27. The summed E-state index contributed by atoms with van der Waals surface area (Å²) in [5.41, 5.74) is 0.516. The second-order valence-corrected chi connectivity index (χ2v) is 7.43. The molecule has 7 heteroatoms. The average Bonchev–Trinajstić information content (AvgIpc) is 2.66. The molecule has 0 saturated heterocycles. The van der Waals surface area contributed by atoms with Crippen molar-refractivity contribution in [3.8, 4) is 0 Å². The minimum atomic E-state index is -3.76. The topological polar surface area (TPSA) is 79.4 Å². The quantitative estimate of drug-likeness (QED) is 0.779. The van der Waals surface area contributed by atoms with Gasteiger partial charge in [0.25, 0.3) is 15.9 Å². The Morgan fingerprint density at radius 3 is 2.48 bits per heavy atom. The summed E-state index contributed by atoms with van der Waals surface area (Å²) >= 11 is 0. The maximum absolute atomic E-state index is 12.9. The van der Waals surface area contributed by atoms with Crippen LogP contribution in [0, 0.1) is 0 Å². The number of hydrogen-bond donors (Lipinski definition) is 1. The Kier molecular flexibility index (Phi) is 4.41. The van der Waals surface area contributed by atoms with Gasteiger partial charge in [0.2, 0.25) is 0 Å². The van der Waals surface area contributed by atoms with Gasteiger partial charge in [-0.25, -0.2) is 8.42 Å². The number of nitrogens with zero attached hydrogens (tertiary/aromatic N) is 2. The second-order valence-electron chi connectivity index (χ2n) is 5.46. The van der Waals surface area contributed by atoms with Gasteiger partial charge in [-0.05, 0) is 35.0 Å². The summed E-state index contributed by atoms with van der Waals surface area (Å²) in [7, 11) is -0.815. The van der Waals surface area contributed by atoms with E-state index in [-0.39, 0.29) is 16.5 Å². The first-order valence-corrected chi connectivity index (χ1v) is 9.03. The molecule has 0 aliphatic carbocycles. The van der Waals surface area contributed by atoms with E-state index in [0.29, 0.717) is 5.69 Å². The molecular weight excluding hydrogens is 338 g/mol. The van der Waals surface area contributed by atoms with Crippen LogP contribution in [0.25, 0.3) is 10.8 Å². The van der Waals surface area contributed by atoms with Crippen LogP contribution in [-0.4, -0.2) is 33.4 Å². The highest BCUT2D eigenvalue weighted by molar-refractivity contribution is 7.92. The molecule has 3 aromatic rings. The van der Waals surface area contributed by atoms with Crippen molar-refractivity contribution in [1.29, 1.82) is 0 Å². The van der Waals surface area contributed by atoms with Crippen LogP contribution in [0.15, 0.2) is 65.7 Å². The third-order valence-electron chi connectivity index (χ3n) is 3.95. The summed E-state index contributed by atoms with van der Waals surface area (Å²) in [4.78, 5) is 15.9. The highest BCUT2D eigenvalue weighted by Gasteiger charge is 2.22. The third-order valence-corrected chi connectivity index (χ3v) is 5.73. The van der Waals surface area contributed by atoms with E-state index < -0.39 is 10.0 Å². The van der Waals surface area contributed by atoms with Gasteiger partial charge in [-0.2, -0.15) is 0 Å². The summed E-state index contributed by atoms with van der Waals surface area (Å²) in [5.74, 6) is -0.377. The van der Waals surface area contributed by atoms with E-state index >= 15 is 0 Å². The van der Waals surface area contributed by atoms with Gasteiger partial charge in [-0.1, -0.05) is 30.3 Å². The van der Waals surface area contributed by atoms with E-state index in [1.807, 2.05) is 24.3 Å². The fraction of sp³-hybridized carbons (Fsp3) is 0.111. The lowest BCUT2D eigenvalue weighted by atomic mass is 10.1. The highest BCUT2D eigenvalue weighted by atomic mass is 32.2. The third kappa shape index (κ3) is 3.18. The Hall–Kier alpha value is -2.93. The molecule has 0 aliphatic heterocycles. The number of pyridine rings is 1. The van der Waals surface area contributed by atoms with Crippen LogP contribution in [0.2, 0.25) is 0 Å². The molecular formula is C18H17N3O3S. The molecule has 0 bridgehead atoms. The van der Waals surface area contributed by atoms with Crippen LogP contribution in [0.4, 0.5) is 5.69 Å². The predicted octanol–water partition coefficient (Wildman–Crippen LogP) is 2.42. The Bertz CT molecular complexity index is 1050. The zero-order valence-electron chi connectivity index (χ0n) is 13.8. The van der Waals surface area contributed by atoms with Crippen LogP contribution >= 0.6 is 0 Å². The summed E-state index contributed by atoms with van der Waals surface area (Å²) in [6.07, 6.45) is 1.41. The molecule has 6 nitrogen and oxygen atoms in total. The number of amides is 1. The molecule has 0 unspecified atom stereocenters. The van der Waals surface area contributed by atoms with Crippen LogP contribution in [-0.2, 0) is 10.0 Å². The molecule has 0 fully saturated rings. The van der Waals surface area contributed by atoms with Gasteiger partial charge in [0.05, 0.1) is 10.6 Å². The van der Waals surface area contributed by atoms with E-state index in [1.165, 1.54) is 26.4 Å². The number of nitrogens with one attached hydrogen (secondary N) is 1. The number of benzene rings is 2. The van der Waals surface area contributed by atoms with Gasteiger partial charge in [-0.3, -0.25) is 14.1 Å². The fourth-order valence-corrected chi connectivity index (χ4v) is 3.72. The van der Waals surface area contributed by atoms with Gasteiger partial charge in [0, 0.05) is 20.3 Å². The molecule has 1 amide bonds. The standard InChI is InChI=1S/C18H17N3O3S/c1-19-18(22)17-12-15(9-10-20-17)21(2)25(23,24)16-8-7-13-5-3-4-6-14(13)11-16/h3-12H,1-2H3,(H,19,22). The molecule has 1 heterocycles. The Morgan fingerprint density at radius 1 is 1.04 bits per heavy atom. The van der Waals surface area contributed by atoms with E-state index in [4.69, 9.17) is 0 Å². The van der Waals surface area contributed by atoms with Crippen LogP contribution < -0.4 is 9.62 Å². The molecule has 1 N–H and O–H groups in total. The first-order valence-electron chi connectivity index (χ1n) is 7.59. The van der Waals surface area contributed by atoms with Crippen LogP contribution in [0.1, 0.15) is 10.5 Å². The zero-order valence-corrected chi connectivity index (χ0v) is 14.6. The number of anilines is 1. The Labute approximate surface area is 146 Å². The number of rotatable bonds is 4. The van der Waals surface area contributed by atoms with Crippen LogP contribution in [0.3, 0.4) is 0 Å². The summed E-state index contributed by atoms with van der Waals surface area (Å²) in [5, 5.41) is 4.28. The van der Waals surface area contributed by atoms with Crippen molar-refractivity contribution in [3.05, 3.63) is 66.5 Å². The molecule has 128 valence electrons. The van der Waals surface area contributed by atoms with Crippen molar-refractivity contribution in [2.45, 2.75) is 4.90 Å². The van der Waals surface area contributed by atoms with E-state index in [1.54, 1.807) is 24.3 Å². The van der Waals surface area contributed by atoms with Gasteiger partial charge >= 0.3 is 0 Å². The number of carbonyl (C=O) groups is 1. The number of aromatic nitrogens is 1. The lowest BCUT2D eigenvalue weighted by molar-refractivity contribution is 0.0958. The van der Waals surface area contributed by atoms with E-state index in [2.05, 4.69) is 10.3 Å². The predicted molar refractivity (Wildman–Crippen MR) is 97.2 cm³/mol. The number of carbonyl (C=O) groups excluding carboxylic acids is 1. The minimum absolute atomic E-state index is 0.153. The Balaban J connectivity index is 2.02. The normalized spacial score (nSPS) is 11.3. The minimum Gasteiger partial charge on any atom is -0.354 e. The maximum atomic E-state index is 12.9. The zero-order chi connectivity index (χ0) is 18.0. The summed E-state index contributed by atoms with van der Waals surface area (Å²) in [6, 6.07) is 15.5. The van der Waals surface area contributed by atoms with Crippen molar-refractivity contribution < 1.29 is 13.2 Å². The van der Waals surface area contributed by atoms with Crippen molar-refractivity contribution in [2.75, 3.05) is 18.4 Å². The molecule has 3 rings (SSSR count). The molecule has 0 spiro atoms. The first-order chi connectivity index (χ1) is 11.9. The Morgan fingerprint density at radius 2 is 1.76 bits per heavy atom. The van der Waals surface area contributed by atoms with Crippen molar-refractivity contribution >= 4 is 32.4 Å². The highest BCUT2D eigenvalue weighted by Crippen LogP contribution is 2.25. The number of sulfonamides is 1. The van der Waals surface area contributed by atoms with E-state index in [0.717, 1.165) is 15.1 Å². The van der Waals surface area contributed by atoms with Crippen molar-refractivity contribution in [3.63, 3.8) is 0 Å². The fourth-order valence-electron chi connectivity index (χ4n) is 2.49. The second kappa shape index (κ2) is 6.52. The first kappa shape index (κ1) is 16.9. The molecule has 0 saturated carbocycles. The molecule has 0 radical (unpaired) electrons. The molecule has 25 heavy (non-hydrogen) atoms. The molecule has 0 aliphatic rings.